The molecular formula is C14H12N2O3. The number of hydrogen-bond donors (Lipinski definition) is 2. The second-order valence-corrected chi connectivity index (χ2v) is 3.82. The molecule has 0 radical (unpaired) electrons. The van der Waals surface area contributed by atoms with Gasteiger partial charge in [0.25, 0.3) is 5.91 Å². The lowest BCUT2D eigenvalue weighted by Gasteiger charge is -2.02. The van der Waals surface area contributed by atoms with Gasteiger partial charge in [-0.1, -0.05) is 17.0 Å². The number of carbonyl (C=O) groups is 1. The lowest BCUT2D eigenvalue weighted by molar-refractivity contribution is 0.0988. The smallest absolute Gasteiger partial charge is 0.294 e. The Morgan fingerprint density at radius 1 is 1.42 bits per heavy atom. The molecule has 0 aliphatic heterocycles. The van der Waals surface area contributed by atoms with Crippen LogP contribution in [-0.4, -0.2) is 22.8 Å². The third-order valence-electron chi connectivity index (χ3n) is 2.31. The van der Waals surface area contributed by atoms with Crippen molar-refractivity contribution >= 4 is 11.6 Å². The predicted molar refractivity (Wildman–Crippen MR) is 69.6 cm³/mol. The molecule has 0 atom stereocenters. The summed E-state index contributed by atoms with van der Waals surface area (Å²) in [6.07, 6.45) is 0. The van der Waals surface area contributed by atoms with Crippen molar-refractivity contribution in [2.75, 3.05) is 11.9 Å². The Labute approximate surface area is 110 Å². The monoisotopic (exact) mass is 256 g/mol. The zero-order valence-corrected chi connectivity index (χ0v) is 10.3. The Bertz CT molecular complexity index is 633. The van der Waals surface area contributed by atoms with Gasteiger partial charge in [-0.2, -0.15) is 0 Å². The lowest BCUT2D eigenvalue weighted by Crippen LogP contribution is -2.10. The van der Waals surface area contributed by atoms with Crippen LogP contribution in [0.1, 0.15) is 21.8 Å². The quantitative estimate of drug-likeness (QED) is 0.800. The van der Waals surface area contributed by atoms with E-state index in [1.807, 2.05) is 0 Å². The van der Waals surface area contributed by atoms with E-state index in [2.05, 4.69) is 22.3 Å². The fourth-order valence-corrected chi connectivity index (χ4v) is 1.44. The number of rotatable bonds is 2. The summed E-state index contributed by atoms with van der Waals surface area (Å²) in [5, 5.41) is 14.9. The summed E-state index contributed by atoms with van der Waals surface area (Å²) in [5.41, 5.74) is 2.05. The van der Waals surface area contributed by atoms with E-state index < -0.39 is 0 Å². The van der Waals surface area contributed by atoms with Crippen molar-refractivity contribution in [3.05, 3.63) is 47.3 Å². The molecule has 0 saturated carbocycles. The number of aryl methyl sites for hydroxylation is 1. The first-order valence-corrected chi connectivity index (χ1v) is 5.63. The topological polar surface area (TPSA) is 75.4 Å². The summed E-state index contributed by atoms with van der Waals surface area (Å²) in [6.45, 7) is 1.57. The van der Waals surface area contributed by atoms with E-state index in [1.54, 1.807) is 37.3 Å². The van der Waals surface area contributed by atoms with Crippen LogP contribution < -0.4 is 5.32 Å². The molecular weight excluding hydrogens is 244 g/mol. The molecule has 0 aliphatic rings. The van der Waals surface area contributed by atoms with Gasteiger partial charge in [-0.25, -0.2) is 0 Å². The maximum atomic E-state index is 11.8. The Hall–Kier alpha value is -2.58. The van der Waals surface area contributed by atoms with Crippen LogP contribution in [-0.2, 0) is 0 Å². The van der Waals surface area contributed by atoms with Gasteiger partial charge >= 0.3 is 0 Å². The third-order valence-corrected chi connectivity index (χ3v) is 2.31. The molecule has 1 heterocycles. The molecule has 0 spiro atoms. The van der Waals surface area contributed by atoms with Crippen LogP contribution in [0.25, 0.3) is 0 Å². The van der Waals surface area contributed by atoms with Crippen molar-refractivity contribution in [1.29, 1.82) is 0 Å². The van der Waals surface area contributed by atoms with E-state index in [1.165, 1.54) is 0 Å². The summed E-state index contributed by atoms with van der Waals surface area (Å²) in [6, 6.07) is 8.52. The Balaban J connectivity index is 2.05. The van der Waals surface area contributed by atoms with E-state index in [9.17, 15) is 4.79 Å². The van der Waals surface area contributed by atoms with Crippen LogP contribution in [0.2, 0.25) is 0 Å². The average molecular weight is 256 g/mol. The van der Waals surface area contributed by atoms with Crippen LogP contribution in [0.15, 0.2) is 34.9 Å². The molecule has 1 aromatic heterocycles. The van der Waals surface area contributed by atoms with Crippen LogP contribution in [0.3, 0.4) is 0 Å². The first-order chi connectivity index (χ1) is 9.19. The molecule has 2 aromatic rings. The van der Waals surface area contributed by atoms with Crippen molar-refractivity contribution in [1.82, 2.24) is 5.16 Å². The maximum absolute atomic E-state index is 11.8. The van der Waals surface area contributed by atoms with E-state index in [4.69, 9.17) is 9.63 Å². The van der Waals surface area contributed by atoms with Crippen molar-refractivity contribution in [2.45, 2.75) is 6.92 Å². The normalized spacial score (nSPS) is 9.58. The van der Waals surface area contributed by atoms with Gasteiger partial charge < -0.3 is 14.9 Å². The molecule has 96 valence electrons. The summed E-state index contributed by atoms with van der Waals surface area (Å²) in [7, 11) is 0. The fraction of sp³-hybridized carbons (Fsp3) is 0.143. The average Bonchev–Trinajstić information content (AvgIpc) is 2.85. The molecule has 2 rings (SSSR count). The highest BCUT2D eigenvalue weighted by Gasteiger charge is 2.11. The van der Waals surface area contributed by atoms with E-state index in [0.29, 0.717) is 11.4 Å². The van der Waals surface area contributed by atoms with Crippen molar-refractivity contribution < 1.29 is 14.4 Å². The van der Waals surface area contributed by atoms with Crippen LogP contribution in [0.5, 0.6) is 0 Å². The molecule has 0 fully saturated rings. The van der Waals surface area contributed by atoms with E-state index in [-0.39, 0.29) is 18.3 Å². The number of carbonyl (C=O) groups excluding carboxylic acids is 1. The van der Waals surface area contributed by atoms with Gasteiger partial charge in [0.2, 0.25) is 5.76 Å². The largest absolute Gasteiger partial charge is 0.384 e. The number of aliphatic hydroxyl groups is 1. The molecule has 0 bridgehead atoms. The molecule has 2 N–H and O–H groups in total. The number of hydrogen-bond acceptors (Lipinski definition) is 4. The molecule has 0 aliphatic carbocycles. The molecule has 1 amide bonds. The minimum Gasteiger partial charge on any atom is -0.384 e. The van der Waals surface area contributed by atoms with Crippen LogP contribution >= 0.6 is 0 Å². The van der Waals surface area contributed by atoms with Gasteiger partial charge in [0, 0.05) is 17.3 Å². The van der Waals surface area contributed by atoms with Crippen LogP contribution in [0, 0.1) is 18.8 Å². The van der Waals surface area contributed by atoms with Gasteiger partial charge in [-0.3, -0.25) is 4.79 Å². The first-order valence-electron chi connectivity index (χ1n) is 5.63. The highest BCUT2D eigenvalue weighted by Crippen LogP contribution is 2.11. The number of amides is 1. The molecule has 0 saturated heterocycles. The van der Waals surface area contributed by atoms with E-state index in [0.717, 1.165) is 5.56 Å². The lowest BCUT2D eigenvalue weighted by atomic mass is 10.2. The summed E-state index contributed by atoms with van der Waals surface area (Å²) < 4.78 is 4.86. The van der Waals surface area contributed by atoms with Crippen molar-refractivity contribution in [3.63, 3.8) is 0 Å². The minimum atomic E-state index is -0.352. The molecule has 5 heteroatoms. The number of anilines is 1. The zero-order chi connectivity index (χ0) is 13.7. The van der Waals surface area contributed by atoms with Gasteiger partial charge in [-0.05, 0) is 31.2 Å². The van der Waals surface area contributed by atoms with Gasteiger partial charge in [0.1, 0.15) is 6.61 Å². The standard InChI is InChI=1S/C14H12N2O3/c1-10-9-13(19-16-10)14(18)15-12-6-4-11(5-7-12)3-2-8-17/h4-7,9,17H,8H2,1H3,(H,15,18). The Morgan fingerprint density at radius 2 is 2.16 bits per heavy atom. The van der Waals surface area contributed by atoms with Crippen LogP contribution in [0.4, 0.5) is 5.69 Å². The molecule has 1 aromatic carbocycles. The summed E-state index contributed by atoms with van der Waals surface area (Å²) >= 11 is 0. The number of aromatic nitrogens is 1. The zero-order valence-electron chi connectivity index (χ0n) is 10.3. The SMILES string of the molecule is Cc1cc(C(=O)Nc2ccc(C#CCO)cc2)on1. The van der Waals surface area contributed by atoms with Crippen molar-refractivity contribution in [3.8, 4) is 11.8 Å². The number of nitrogens with one attached hydrogen (secondary N) is 1. The first kappa shape index (κ1) is 12.9. The molecule has 0 unspecified atom stereocenters. The fourth-order valence-electron chi connectivity index (χ4n) is 1.44. The number of aliphatic hydroxyl groups excluding tert-OH is 1. The second kappa shape index (κ2) is 5.85. The minimum absolute atomic E-state index is 0.168. The van der Waals surface area contributed by atoms with Gasteiger partial charge in [0.05, 0.1) is 5.69 Å². The molecule has 19 heavy (non-hydrogen) atoms. The maximum Gasteiger partial charge on any atom is 0.294 e. The van der Waals surface area contributed by atoms with Crippen molar-refractivity contribution in [2.24, 2.45) is 0 Å². The summed E-state index contributed by atoms with van der Waals surface area (Å²) in [4.78, 5) is 11.8. The molecule has 5 nitrogen and oxygen atoms in total. The number of benzene rings is 1. The van der Waals surface area contributed by atoms with E-state index >= 15 is 0 Å². The number of nitrogens with zero attached hydrogens (tertiary/aromatic N) is 1. The second-order valence-electron chi connectivity index (χ2n) is 3.82. The van der Waals surface area contributed by atoms with Gasteiger partial charge in [0.15, 0.2) is 0 Å². The highest BCUT2D eigenvalue weighted by atomic mass is 16.5. The predicted octanol–water partition coefficient (Wildman–Crippen LogP) is 1.58. The third kappa shape index (κ3) is 3.44. The summed E-state index contributed by atoms with van der Waals surface area (Å²) in [5.74, 6) is 5.13. The van der Waals surface area contributed by atoms with Gasteiger partial charge in [-0.15, -0.1) is 0 Å². The Kier molecular flexibility index (Phi) is 3.96. The Morgan fingerprint density at radius 3 is 2.74 bits per heavy atom. The highest BCUT2D eigenvalue weighted by molar-refractivity contribution is 6.02.